The first kappa shape index (κ1) is 15.8. The molecule has 1 aliphatic rings. The van der Waals surface area contributed by atoms with Crippen LogP contribution in [0.5, 0.6) is 0 Å². The van der Waals surface area contributed by atoms with E-state index in [1.165, 1.54) is 6.07 Å². The molecule has 1 saturated carbocycles. The fourth-order valence-corrected chi connectivity index (χ4v) is 3.42. The van der Waals surface area contributed by atoms with E-state index in [1.54, 1.807) is 18.2 Å². The number of carbonyl (C=O) groups is 1. The van der Waals surface area contributed by atoms with Crippen molar-refractivity contribution in [1.82, 2.24) is 0 Å². The Morgan fingerprint density at radius 3 is 2.43 bits per heavy atom. The molecule has 1 fully saturated rings. The van der Waals surface area contributed by atoms with Crippen molar-refractivity contribution in [3.05, 3.63) is 24.3 Å². The highest BCUT2D eigenvalue weighted by atomic mass is 32.2. The number of nitrogens with one attached hydrogen (secondary N) is 1. The molecule has 4 N–H and O–H groups in total. The number of carboxylic acids is 1. The molecule has 0 heterocycles. The summed E-state index contributed by atoms with van der Waals surface area (Å²) in [7, 11) is -3.90. The van der Waals surface area contributed by atoms with Gasteiger partial charge < -0.3 is 10.4 Å². The summed E-state index contributed by atoms with van der Waals surface area (Å²) >= 11 is 0. The van der Waals surface area contributed by atoms with Crippen LogP contribution in [-0.2, 0) is 14.8 Å². The van der Waals surface area contributed by atoms with Crippen LogP contribution in [0.4, 0.5) is 5.69 Å². The van der Waals surface area contributed by atoms with Gasteiger partial charge in [0.25, 0.3) is 0 Å². The van der Waals surface area contributed by atoms with Crippen LogP contribution in [0.1, 0.15) is 32.6 Å². The Balaban J connectivity index is 2.37. The lowest BCUT2D eigenvalue weighted by atomic mass is 9.77. The minimum atomic E-state index is -3.90. The number of rotatable bonds is 4. The third-order valence-corrected chi connectivity index (χ3v) is 5.07. The summed E-state index contributed by atoms with van der Waals surface area (Å²) in [5.41, 5.74) is -0.884. The molecule has 1 aromatic rings. The second kappa shape index (κ2) is 5.65. The number of para-hydroxylation sites is 1. The van der Waals surface area contributed by atoms with E-state index in [4.69, 9.17) is 5.14 Å². The Hall–Kier alpha value is -1.60. The van der Waals surface area contributed by atoms with Gasteiger partial charge in [0.1, 0.15) is 10.4 Å². The van der Waals surface area contributed by atoms with Crippen molar-refractivity contribution in [2.75, 3.05) is 5.32 Å². The molecular formula is C14H20N2O4S. The zero-order valence-corrected chi connectivity index (χ0v) is 12.7. The molecule has 0 atom stereocenters. The van der Waals surface area contributed by atoms with Crippen LogP contribution in [0, 0.1) is 5.92 Å². The maximum absolute atomic E-state index is 11.7. The molecule has 0 saturated heterocycles. The van der Waals surface area contributed by atoms with Gasteiger partial charge in [0.2, 0.25) is 10.0 Å². The number of aliphatic carboxylic acids is 1. The van der Waals surface area contributed by atoms with Crippen LogP contribution in [0.15, 0.2) is 29.2 Å². The summed E-state index contributed by atoms with van der Waals surface area (Å²) in [6.07, 6.45) is 2.50. The molecule has 1 aromatic carbocycles. The average Bonchev–Trinajstić information content (AvgIpc) is 2.41. The van der Waals surface area contributed by atoms with E-state index in [1.807, 2.05) is 0 Å². The molecule has 1 aliphatic carbocycles. The minimum absolute atomic E-state index is 0.0794. The number of nitrogens with two attached hydrogens (primary N) is 1. The highest BCUT2D eigenvalue weighted by Crippen LogP contribution is 2.36. The maximum Gasteiger partial charge on any atom is 0.329 e. The van der Waals surface area contributed by atoms with Crippen LogP contribution in [0.25, 0.3) is 0 Å². The fraction of sp³-hybridized carbons (Fsp3) is 0.500. The quantitative estimate of drug-likeness (QED) is 0.785. The van der Waals surface area contributed by atoms with E-state index in [2.05, 4.69) is 12.2 Å². The second-order valence-electron chi connectivity index (χ2n) is 5.74. The largest absolute Gasteiger partial charge is 0.480 e. The smallest absolute Gasteiger partial charge is 0.329 e. The lowest BCUT2D eigenvalue weighted by molar-refractivity contribution is -0.143. The lowest BCUT2D eigenvalue weighted by Gasteiger charge is -2.37. The molecular weight excluding hydrogens is 292 g/mol. The Bertz CT molecular complexity index is 634. The second-order valence-corrected chi connectivity index (χ2v) is 7.27. The summed E-state index contributed by atoms with van der Waals surface area (Å²) in [5.74, 6) is -0.480. The van der Waals surface area contributed by atoms with E-state index in [0.29, 0.717) is 18.8 Å². The van der Waals surface area contributed by atoms with Gasteiger partial charge in [0.15, 0.2) is 0 Å². The molecule has 0 unspecified atom stereocenters. The van der Waals surface area contributed by atoms with E-state index in [-0.39, 0.29) is 10.6 Å². The number of benzene rings is 1. The fourth-order valence-electron chi connectivity index (χ4n) is 2.72. The number of anilines is 1. The van der Waals surface area contributed by atoms with Gasteiger partial charge in [0.05, 0.1) is 5.69 Å². The van der Waals surface area contributed by atoms with Gasteiger partial charge in [0, 0.05) is 0 Å². The maximum atomic E-state index is 11.7. The van der Waals surface area contributed by atoms with E-state index in [0.717, 1.165) is 12.8 Å². The molecule has 7 heteroatoms. The van der Waals surface area contributed by atoms with E-state index in [9.17, 15) is 18.3 Å². The van der Waals surface area contributed by atoms with Crippen molar-refractivity contribution < 1.29 is 18.3 Å². The first-order chi connectivity index (χ1) is 9.74. The Labute approximate surface area is 124 Å². The molecule has 0 aromatic heterocycles. The Morgan fingerprint density at radius 1 is 1.33 bits per heavy atom. The minimum Gasteiger partial charge on any atom is -0.480 e. The van der Waals surface area contributed by atoms with Crippen molar-refractivity contribution in [1.29, 1.82) is 0 Å². The topological polar surface area (TPSA) is 109 Å². The van der Waals surface area contributed by atoms with Gasteiger partial charge in [-0.15, -0.1) is 0 Å². The van der Waals surface area contributed by atoms with Gasteiger partial charge in [-0.2, -0.15) is 0 Å². The van der Waals surface area contributed by atoms with Crippen molar-refractivity contribution >= 4 is 21.7 Å². The van der Waals surface area contributed by atoms with E-state index < -0.39 is 21.5 Å². The van der Waals surface area contributed by atoms with Crippen molar-refractivity contribution in [2.45, 2.75) is 43.0 Å². The summed E-state index contributed by atoms with van der Waals surface area (Å²) < 4.78 is 23.2. The van der Waals surface area contributed by atoms with Gasteiger partial charge in [-0.3, -0.25) is 0 Å². The predicted octanol–water partition coefficient (Wildman–Crippen LogP) is 1.78. The Morgan fingerprint density at radius 2 is 1.90 bits per heavy atom. The monoisotopic (exact) mass is 312 g/mol. The highest BCUT2D eigenvalue weighted by molar-refractivity contribution is 7.89. The van der Waals surface area contributed by atoms with Gasteiger partial charge in [-0.05, 0) is 43.7 Å². The molecule has 0 aliphatic heterocycles. The number of sulfonamides is 1. The lowest BCUT2D eigenvalue weighted by Crippen LogP contribution is -2.49. The number of carboxylic acid groups (broad SMARTS) is 1. The van der Waals surface area contributed by atoms with Crippen LogP contribution in [0.3, 0.4) is 0 Å². The summed E-state index contributed by atoms with van der Waals surface area (Å²) in [5, 5.41) is 17.7. The normalized spacial score (nSPS) is 26.3. The molecule has 0 bridgehead atoms. The predicted molar refractivity (Wildman–Crippen MR) is 79.4 cm³/mol. The third kappa shape index (κ3) is 3.36. The molecule has 0 radical (unpaired) electrons. The molecule has 2 rings (SSSR count). The zero-order valence-electron chi connectivity index (χ0n) is 11.9. The number of hydrogen-bond donors (Lipinski definition) is 3. The molecule has 0 spiro atoms. The number of hydrogen-bond acceptors (Lipinski definition) is 4. The van der Waals surface area contributed by atoms with Gasteiger partial charge in [-0.1, -0.05) is 19.1 Å². The number of primary sulfonamides is 1. The summed E-state index contributed by atoms with van der Waals surface area (Å²) in [4.78, 5) is 11.6. The van der Waals surface area contributed by atoms with Crippen LogP contribution in [0.2, 0.25) is 0 Å². The molecule has 21 heavy (non-hydrogen) atoms. The average molecular weight is 312 g/mol. The summed E-state index contributed by atoms with van der Waals surface area (Å²) in [6.45, 7) is 2.09. The standard InChI is InChI=1S/C14H20N2O4S/c1-10-6-8-14(9-7-10,13(17)18)16-11-4-2-3-5-12(11)21(15,19)20/h2-5,10,16H,6-9H2,1H3,(H,17,18)(H2,15,19,20). The van der Waals surface area contributed by atoms with Gasteiger partial charge in [-0.25, -0.2) is 18.4 Å². The Kier molecular flexibility index (Phi) is 4.25. The zero-order chi connectivity index (χ0) is 15.7. The van der Waals surface area contributed by atoms with Crippen molar-refractivity contribution in [3.63, 3.8) is 0 Å². The van der Waals surface area contributed by atoms with Crippen LogP contribution < -0.4 is 10.5 Å². The van der Waals surface area contributed by atoms with Crippen LogP contribution >= 0.6 is 0 Å². The molecule has 6 nitrogen and oxygen atoms in total. The highest BCUT2D eigenvalue weighted by Gasteiger charge is 2.41. The first-order valence-corrected chi connectivity index (χ1v) is 8.43. The molecule has 116 valence electrons. The third-order valence-electron chi connectivity index (χ3n) is 4.10. The first-order valence-electron chi connectivity index (χ1n) is 6.88. The van der Waals surface area contributed by atoms with Crippen molar-refractivity contribution in [3.8, 4) is 0 Å². The SMILES string of the molecule is CC1CCC(Nc2ccccc2S(N)(=O)=O)(C(=O)O)CC1. The van der Waals surface area contributed by atoms with Crippen molar-refractivity contribution in [2.24, 2.45) is 11.1 Å². The van der Waals surface area contributed by atoms with Gasteiger partial charge >= 0.3 is 5.97 Å². The van der Waals surface area contributed by atoms with Crippen LogP contribution in [-0.4, -0.2) is 25.0 Å². The molecule has 0 amide bonds. The van der Waals surface area contributed by atoms with E-state index >= 15 is 0 Å². The summed E-state index contributed by atoms with van der Waals surface area (Å²) in [6, 6.07) is 6.13.